The fourth-order valence-electron chi connectivity index (χ4n) is 2.80. The van der Waals surface area contributed by atoms with Gasteiger partial charge in [0.15, 0.2) is 5.69 Å². The van der Waals surface area contributed by atoms with Crippen LogP contribution < -0.4 is 10.2 Å². The first kappa shape index (κ1) is 14.2. The van der Waals surface area contributed by atoms with Gasteiger partial charge in [-0.2, -0.15) is 0 Å². The van der Waals surface area contributed by atoms with Gasteiger partial charge >= 0.3 is 0 Å². The minimum atomic E-state index is -0.254. The minimum Gasteiger partial charge on any atom is -0.360 e. The van der Waals surface area contributed by atoms with E-state index in [1.165, 1.54) is 12.8 Å². The minimum absolute atomic E-state index is 0.254. The Balaban J connectivity index is 1.37. The van der Waals surface area contributed by atoms with Gasteiger partial charge in [0.25, 0.3) is 5.91 Å². The summed E-state index contributed by atoms with van der Waals surface area (Å²) in [6, 6.07) is 3.64. The number of anilines is 1. The van der Waals surface area contributed by atoms with Gasteiger partial charge in [-0.15, -0.1) is 0 Å². The van der Waals surface area contributed by atoms with Gasteiger partial charge in [-0.05, 0) is 31.7 Å². The molecule has 0 atom stereocenters. The largest absolute Gasteiger partial charge is 0.360 e. The average molecular weight is 313 g/mol. The van der Waals surface area contributed by atoms with E-state index in [1.54, 1.807) is 12.3 Å². The van der Waals surface area contributed by atoms with Gasteiger partial charge in [0.05, 0.1) is 6.54 Å². The standard InChI is InChI=1S/C16H19N5O2/c22-16(12-9-13(23-20-12)11-3-4-11)18-10-14-17-6-5-15(19-14)21-7-1-2-8-21/h5-6,9,11H,1-4,7-8,10H2,(H,18,22). The number of aromatic nitrogens is 3. The van der Waals surface area contributed by atoms with Crippen molar-refractivity contribution in [3.63, 3.8) is 0 Å². The van der Waals surface area contributed by atoms with Gasteiger partial charge in [0.1, 0.15) is 17.4 Å². The summed E-state index contributed by atoms with van der Waals surface area (Å²) in [5, 5.41) is 6.63. The molecule has 23 heavy (non-hydrogen) atoms. The van der Waals surface area contributed by atoms with Crippen LogP contribution in [0.15, 0.2) is 22.9 Å². The Morgan fingerprint density at radius 3 is 2.96 bits per heavy atom. The number of amides is 1. The average Bonchev–Trinajstić information content (AvgIpc) is 3.09. The fourth-order valence-corrected chi connectivity index (χ4v) is 2.80. The van der Waals surface area contributed by atoms with E-state index in [-0.39, 0.29) is 12.5 Å². The molecule has 1 amide bonds. The van der Waals surface area contributed by atoms with E-state index < -0.39 is 0 Å². The number of nitrogens with zero attached hydrogens (tertiary/aromatic N) is 4. The lowest BCUT2D eigenvalue weighted by atomic mass is 10.3. The Morgan fingerprint density at radius 1 is 1.35 bits per heavy atom. The molecule has 1 saturated heterocycles. The molecule has 2 aromatic heterocycles. The van der Waals surface area contributed by atoms with E-state index in [0.717, 1.165) is 37.5 Å². The SMILES string of the molecule is O=C(NCc1nccc(N2CCCC2)n1)c1cc(C2CC2)on1. The summed E-state index contributed by atoms with van der Waals surface area (Å²) < 4.78 is 5.20. The molecule has 1 aliphatic carbocycles. The Morgan fingerprint density at radius 2 is 2.17 bits per heavy atom. The highest BCUT2D eigenvalue weighted by atomic mass is 16.5. The van der Waals surface area contributed by atoms with Crippen LogP contribution in [-0.4, -0.2) is 34.1 Å². The summed E-state index contributed by atoms with van der Waals surface area (Å²) in [6.07, 6.45) is 6.38. The summed E-state index contributed by atoms with van der Waals surface area (Å²) >= 11 is 0. The molecule has 2 aliphatic rings. The zero-order chi connectivity index (χ0) is 15.6. The first-order chi connectivity index (χ1) is 11.3. The molecule has 2 fully saturated rings. The van der Waals surface area contributed by atoms with Crippen LogP contribution in [0.4, 0.5) is 5.82 Å². The maximum absolute atomic E-state index is 12.1. The number of carbonyl (C=O) groups is 1. The first-order valence-electron chi connectivity index (χ1n) is 8.11. The summed E-state index contributed by atoms with van der Waals surface area (Å²) in [6.45, 7) is 2.35. The number of hydrogen-bond acceptors (Lipinski definition) is 6. The monoisotopic (exact) mass is 313 g/mol. The molecule has 0 aromatic carbocycles. The van der Waals surface area contributed by atoms with E-state index in [0.29, 0.717) is 17.4 Å². The molecule has 1 saturated carbocycles. The Kier molecular flexibility index (Phi) is 3.69. The molecule has 120 valence electrons. The molecule has 0 unspecified atom stereocenters. The summed E-state index contributed by atoms with van der Waals surface area (Å²) in [5.41, 5.74) is 0.322. The predicted octanol–water partition coefficient (Wildman–Crippen LogP) is 1.87. The van der Waals surface area contributed by atoms with Crippen LogP contribution in [0.2, 0.25) is 0 Å². The van der Waals surface area contributed by atoms with Crippen LogP contribution >= 0.6 is 0 Å². The second kappa shape index (κ2) is 5.98. The molecular formula is C16H19N5O2. The summed E-state index contributed by atoms with van der Waals surface area (Å²) in [5.74, 6) is 2.54. The smallest absolute Gasteiger partial charge is 0.273 e. The quantitative estimate of drug-likeness (QED) is 0.907. The normalized spacial score (nSPS) is 17.5. The van der Waals surface area contributed by atoms with Crippen LogP contribution in [0.3, 0.4) is 0 Å². The van der Waals surface area contributed by atoms with Gasteiger partial charge in [-0.25, -0.2) is 9.97 Å². The topological polar surface area (TPSA) is 84.2 Å². The number of nitrogens with one attached hydrogen (secondary N) is 1. The van der Waals surface area contributed by atoms with E-state index in [1.807, 2.05) is 6.07 Å². The van der Waals surface area contributed by atoms with E-state index in [4.69, 9.17) is 4.52 Å². The highest BCUT2D eigenvalue weighted by Crippen LogP contribution is 2.40. The molecule has 0 radical (unpaired) electrons. The molecule has 1 N–H and O–H groups in total. The molecule has 0 spiro atoms. The third-order valence-electron chi connectivity index (χ3n) is 4.27. The van der Waals surface area contributed by atoms with Crippen LogP contribution in [-0.2, 0) is 6.54 Å². The molecule has 1 aliphatic heterocycles. The molecule has 7 heteroatoms. The van der Waals surface area contributed by atoms with Crippen molar-refractivity contribution in [3.8, 4) is 0 Å². The van der Waals surface area contributed by atoms with E-state index in [9.17, 15) is 4.79 Å². The van der Waals surface area contributed by atoms with Crippen molar-refractivity contribution >= 4 is 11.7 Å². The zero-order valence-electron chi connectivity index (χ0n) is 12.9. The third-order valence-corrected chi connectivity index (χ3v) is 4.27. The second-order valence-electron chi connectivity index (χ2n) is 6.10. The maximum atomic E-state index is 12.1. The highest BCUT2D eigenvalue weighted by molar-refractivity contribution is 5.92. The Hall–Kier alpha value is -2.44. The lowest BCUT2D eigenvalue weighted by Gasteiger charge is -2.16. The lowest BCUT2D eigenvalue weighted by Crippen LogP contribution is -2.25. The van der Waals surface area contributed by atoms with E-state index >= 15 is 0 Å². The van der Waals surface area contributed by atoms with Crippen molar-refractivity contribution in [3.05, 3.63) is 35.6 Å². The number of hydrogen-bond donors (Lipinski definition) is 1. The summed E-state index contributed by atoms with van der Waals surface area (Å²) in [4.78, 5) is 23.1. The first-order valence-corrected chi connectivity index (χ1v) is 8.11. The molecule has 2 aromatic rings. The van der Waals surface area contributed by atoms with Gasteiger partial charge in [-0.1, -0.05) is 5.16 Å². The molecule has 3 heterocycles. The van der Waals surface area contributed by atoms with Crippen molar-refractivity contribution in [2.24, 2.45) is 0 Å². The van der Waals surface area contributed by atoms with Gasteiger partial charge < -0.3 is 14.7 Å². The summed E-state index contributed by atoms with van der Waals surface area (Å²) in [7, 11) is 0. The van der Waals surface area contributed by atoms with Gasteiger partial charge in [-0.3, -0.25) is 4.79 Å². The van der Waals surface area contributed by atoms with Crippen LogP contribution in [0, 0.1) is 0 Å². The molecule has 0 bridgehead atoms. The van der Waals surface area contributed by atoms with Gasteiger partial charge in [0, 0.05) is 31.3 Å². The second-order valence-corrected chi connectivity index (χ2v) is 6.10. The van der Waals surface area contributed by atoms with Crippen LogP contribution in [0.5, 0.6) is 0 Å². The lowest BCUT2D eigenvalue weighted by molar-refractivity contribution is 0.0940. The Bertz CT molecular complexity index is 704. The van der Waals surface area contributed by atoms with Crippen molar-refractivity contribution < 1.29 is 9.32 Å². The van der Waals surface area contributed by atoms with Crippen molar-refractivity contribution in [1.82, 2.24) is 20.4 Å². The van der Waals surface area contributed by atoms with Crippen molar-refractivity contribution in [2.45, 2.75) is 38.1 Å². The maximum Gasteiger partial charge on any atom is 0.273 e. The predicted molar refractivity (Wildman–Crippen MR) is 83.1 cm³/mol. The van der Waals surface area contributed by atoms with Crippen molar-refractivity contribution in [1.29, 1.82) is 0 Å². The molecule has 7 nitrogen and oxygen atoms in total. The Labute approximate surface area is 134 Å². The molecular weight excluding hydrogens is 294 g/mol. The van der Waals surface area contributed by atoms with Crippen molar-refractivity contribution in [2.75, 3.05) is 18.0 Å². The highest BCUT2D eigenvalue weighted by Gasteiger charge is 2.28. The van der Waals surface area contributed by atoms with Crippen LogP contribution in [0.25, 0.3) is 0 Å². The van der Waals surface area contributed by atoms with Crippen LogP contribution in [0.1, 0.15) is 53.7 Å². The van der Waals surface area contributed by atoms with Gasteiger partial charge in [0.2, 0.25) is 0 Å². The fraction of sp³-hybridized carbons (Fsp3) is 0.500. The zero-order valence-corrected chi connectivity index (χ0v) is 12.9. The number of carbonyl (C=O) groups excluding carboxylic acids is 1. The third kappa shape index (κ3) is 3.18. The molecule has 4 rings (SSSR count). The number of rotatable bonds is 5. The van der Waals surface area contributed by atoms with E-state index in [2.05, 4.69) is 25.3 Å².